The molecule has 154 valence electrons. The van der Waals surface area contributed by atoms with E-state index in [4.69, 9.17) is 24.7 Å². The van der Waals surface area contributed by atoms with E-state index in [1.165, 1.54) is 32.0 Å². The first-order chi connectivity index (χ1) is 13.5. The summed E-state index contributed by atoms with van der Waals surface area (Å²) in [6.07, 6.45) is 0. The molecule has 4 N–H and O–H groups in total. The van der Waals surface area contributed by atoms with Crippen LogP contribution in [0.3, 0.4) is 0 Å². The zero-order chi connectivity index (χ0) is 21.8. The van der Waals surface area contributed by atoms with Gasteiger partial charge in [0.1, 0.15) is 18.1 Å². The number of benzene rings is 2. The van der Waals surface area contributed by atoms with Crippen LogP contribution in [0.25, 0.3) is 0 Å². The number of ether oxygens (including phenoxy) is 1. The number of aromatic carboxylic acids is 2. The van der Waals surface area contributed by atoms with Crippen molar-refractivity contribution in [2.24, 2.45) is 0 Å². The molecule has 0 aromatic heterocycles. The van der Waals surface area contributed by atoms with Gasteiger partial charge in [0.2, 0.25) is 5.79 Å². The number of carbonyl (C=O) groups excluding carboxylic acids is 1. The lowest BCUT2D eigenvalue weighted by atomic mass is 10.1. The van der Waals surface area contributed by atoms with E-state index in [2.05, 4.69) is 0 Å². The van der Waals surface area contributed by atoms with Crippen LogP contribution in [0.15, 0.2) is 36.4 Å². The molecule has 10 heteroatoms. The Bertz CT molecular complexity index is 948. The molecule has 29 heavy (non-hydrogen) atoms. The van der Waals surface area contributed by atoms with Crippen LogP contribution in [0.5, 0.6) is 11.5 Å². The third-order valence-corrected chi connectivity index (χ3v) is 3.59. The van der Waals surface area contributed by atoms with Crippen LogP contribution in [0.4, 0.5) is 0 Å². The molecule has 0 fully saturated rings. The molecule has 2 aromatic rings. The normalized spacial score (nSPS) is 11.1. The monoisotopic (exact) mass is 406 g/mol. The number of carboxylic acid groups (broad SMARTS) is 2. The fraction of sp³-hybridized carbons (Fsp3) is 0.211. The fourth-order valence-electron chi connectivity index (χ4n) is 2.33. The Hall–Kier alpha value is -3.63. The third kappa shape index (κ3) is 5.67. The zero-order valence-corrected chi connectivity index (χ0v) is 15.4. The Morgan fingerprint density at radius 2 is 1.41 bits per heavy atom. The van der Waals surface area contributed by atoms with Crippen molar-refractivity contribution >= 4 is 17.9 Å². The van der Waals surface area contributed by atoms with Crippen molar-refractivity contribution in [3.8, 4) is 11.5 Å². The van der Waals surface area contributed by atoms with Crippen LogP contribution in [-0.4, -0.2) is 44.1 Å². The summed E-state index contributed by atoms with van der Waals surface area (Å²) in [6, 6.07) is 6.67. The molecule has 0 unspecified atom stereocenters. The van der Waals surface area contributed by atoms with E-state index in [-0.39, 0.29) is 34.8 Å². The van der Waals surface area contributed by atoms with E-state index in [0.29, 0.717) is 0 Å². The summed E-state index contributed by atoms with van der Waals surface area (Å²) in [7, 11) is 0. The lowest BCUT2D eigenvalue weighted by Gasteiger charge is -2.24. The van der Waals surface area contributed by atoms with Crippen LogP contribution < -0.4 is 0 Å². The number of esters is 1. The molecule has 0 heterocycles. The summed E-state index contributed by atoms with van der Waals surface area (Å²) in [5, 5.41) is 37.3. The van der Waals surface area contributed by atoms with E-state index in [9.17, 15) is 24.6 Å². The van der Waals surface area contributed by atoms with Gasteiger partial charge in [0, 0.05) is 13.8 Å². The van der Waals surface area contributed by atoms with Crippen molar-refractivity contribution in [2.75, 3.05) is 0 Å². The summed E-state index contributed by atoms with van der Waals surface area (Å²) < 4.78 is 5.08. The maximum Gasteiger partial charge on any atom is 0.341 e. The molecule has 0 aliphatic rings. The van der Waals surface area contributed by atoms with Crippen LogP contribution in [0.1, 0.15) is 50.5 Å². The molecule has 2 rings (SSSR count). The van der Waals surface area contributed by atoms with E-state index in [1.807, 2.05) is 0 Å². The minimum absolute atomic E-state index is 0.112. The van der Waals surface area contributed by atoms with Crippen molar-refractivity contribution in [3.63, 3.8) is 0 Å². The van der Waals surface area contributed by atoms with Crippen molar-refractivity contribution < 1.29 is 49.3 Å². The number of aromatic hydroxyl groups is 2. The molecule has 0 radical (unpaired) electrons. The van der Waals surface area contributed by atoms with Gasteiger partial charge in [-0.2, -0.15) is 4.89 Å². The second-order valence-corrected chi connectivity index (χ2v) is 6.32. The number of phenolic OH excluding ortho intramolecular Hbond substituents is 2. The van der Waals surface area contributed by atoms with Gasteiger partial charge < -0.3 is 25.2 Å². The van der Waals surface area contributed by atoms with Crippen molar-refractivity contribution in [2.45, 2.75) is 26.2 Å². The van der Waals surface area contributed by atoms with Gasteiger partial charge in [-0.05, 0) is 42.0 Å². The van der Waals surface area contributed by atoms with Crippen molar-refractivity contribution in [1.29, 1.82) is 0 Å². The summed E-state index contributed by atoms with van der Waals surface area (Å²) in [5.74, 6) is -5.92. The maximum absolute atomic E-state index is 12.3. The number of hydrogen-bond acceptors (Lipinski definition) is 8. The van der Waals surface area contributed by atoms with Crippen LogP contribution >= 0.6 is 0 Å². The minimum Gasteiger partial charge on any atom is -0.508 e. The summed E-state index contributed by atoms with van der Waals surface area (Å²) in [6.45, 7) is 2.22. The highest BCUT2D eigenvalue weighted by Gasteiger charge is 2.29. The van der Waals surface area contributed by atoms with Gasteiger partial charge in [0.05, 0.1) is 16.7 Å². The van der Waals surface area contributed by atoms with Gasteiger partial charge in [0.15, 0.2) is 0 Å². The van der Waals surface area contributed by atoms with E-state index in [1.54, 1.807) is 0 Å². The average molecular weight is 406 g/mol. The molecular weight excluding hydrogens is 388 g/mol. The molecule has 0 aliphatic carbocycles. The first-order valence-electron chi connectivity index (χ1n) is 8.15. The number of carboxylic acids is 2. The van der Waals surface area contributed by atoms with Crippen LogP contribution in [-0.2, 0) is 21.1 Å². The van der Waals surface area contributed by atoms with Crippen molar-refractivity contribution in [3.05, 3.63) is 58.7 Å². The molecule has 0 saturated heterocycles. The topological polar surface area (TPSA) is 160 Å². The summed E-state index contributed by atoms with van der Waals surface area (Å²) in [5.41, 5.74) is -0.779. The quantitative estimate of drug-likeness (QED) is 0.222. The lowest BCUT2D eigenvalue weighted by molar-refractivity contribution is -0.411. The van der Waals surface area contributed by atoms with Gasteiger partial charge in [-0.15, -0.1) is 0 Å². The van der Waals surface area contributed by atoms with Gasteiger partial charge in [0.25, 0.3) is 0 Å². The van der Waals surface area contributed by atoms with E-state index in [0.717, 1.165) is 18.2 Å². The molecule has 0 spiro atoms. The highest BCUT2D eigenvalue weighted by Crippen LogP contribution is 2.23. The molecule has 0 amide bonds. The smallest absolute Gasteiger partial charge is 0.341 e. The van der Waals surface area contributed by atoms with Crippen LogP contribution in [0, 0.1) is 0 Å². The molecular formula is C19H18O10. The average Bonchev–Trinajstić information content (AvgIpc) is 2.60. The zero-order valence-electron chi connectivity index (χ0n) is 15.4. The molecule has 10 nitrogen and oxygen atoms in total. The number of phenols is 2. The third-order valence-electron chi connectivity index (χ3n) is 3.59. The lowest BCUT2D eigenvalue weighted by Crippen LogP contribution is -2.32. The van der Waals surface area contributed by atoms with Crippen molar-refractivity contribution in [1.82, 2.24) is 0 Å². The van der Waals surface area contributed by atoms with Gasteiger partial charge >= 0.3 is 17.9 Å². The Morgan fingerprint density at radius 3 is 2.00 bits per heavy atom. The van der Waals surface area contributed by atoms with Crippen LogP contribution in [0.2, 0.25) is 0 Å². The Morgan fingerprint density at radius 1 is 0.862 bits per heavy atom. The van der Waals surface area contributed by atoms with E-state index < -0.39 is 29.3 Å². The molecule has 2 aromatic carbocycles. The maximum atomic E-state index is 12.3. The summed E-state index contributed by atoms with van der Waals surface area (Å²) >= 11 is 0. The Kier molecular flexibility index (Phi) is 6.42. The Labute approximate surface area is 164 Å². The minimum atomic E-state index is -1.70. The number of carbonyl (C=O) groups is 3. The fourth-order valence-corrected chi connectivity index (χ4v) is 2.33. The SMILES string of the molecule is CC(C)(OOCc1cc(O)ccc1C(=O)O)OC(=O)c1cc(O)ccc1C(=O)O. The highest BCUT2D eigenvalue weighted by atomic mass is 17.2. The highest BCUT2D eigenvalue weighted by molar-refractivity contribution is 6.02. The standard InChI is InChI=1S/C19H18O10/c1-19(2,28-18(26)15-8-12(21)4-6-14(15)17(24)25)29-27-9-10-7-11(20)3-5-13(10)16(22)23/h3-8,20-21H,9H2,1-2H3,(H,22,23)(H,24,25). The second kappa shape index (κ2) is 8.59. The Balaban J connectivity index is 2.07. The van der Waals surface area contributed by atoms with Gasteiger partial charge in [-0.25, -0.2) is 19.3 Å². The predicted molar refractivity (Wildman–Crippen MR) is 95.5 cm³/mol. The number of hydrogen-bond donors (Lipinski definition) is 4. The molecule has 0 saturated carbocycles. The first kappa shape index (κ1) is 21.7. The predicted octanol–water partition coefficient (Wildman–Crippen LogP) is 2.54. The molecule has 0 aliphatic heterocycles. The first-order valence-corrected chi connectivity index (χ1v) is 8.15. The molecule has 0 bridgehead atoms. The largest absolute Gasteiger partial charge is 0.508 e. The van der Waals surface area contributed by atoms with Gasteiger partial charge in [-0.1, -0.05) is 0 Å². The van der Waals surface area contributed by atoms with E-state index >= 15 is 0 Å². The molecule has 0 atom stereocenters. The second-order valence-electron chi connectivity index (χ2n) is 6.32. The van der Waals surface area contributed by atoms with Gasteiger partial charge in [-0.3, -0.25) is 0 Å². The summed E-state index contributed by atoms with van der Waals surface area (Å²) in [4.78, 5) is 44.7. The number of rotatable bonds is 8.